The van der Waals surface area contributed by atoms with E-state index in [-0.39, 0.29) is 29.1 Å². The van der Waals surface area contributed by atoms with E-state index in [1.54, 1.807) is 37.4 Å². The Labute approximate surface area is 165 Å². The van der Waals surface area contributed by atoms with Crippen LogP contribution in [0.25, 0.3) is 11.0 Å². The number of carbonyl (C=O) groups is 1. The Hall–Kier alpha value is -2.93. The normalized spacial score (nSPS) is 13.7. The van der Waals surface area contributed by atoms with Crippen molar-refractivity contribution in [3.05, 3.63) is 73.0 Å². The maximum Gasteiger partial charge on any atom is 0.338 e. The Bertz CT molecular complexity index is 1210. The number of methoxy groups -OCH3 is 1. The lowest BCUT2D eigenvalue weighted by Gasteiger charge is -2.13. The molecule has 1 aliphatic rings. The van der Waals surface area contributed by atoms with Gasteiger partial charge in [-0.05, 0) is 36.6 Å². The van der Waals surface area contributed by atoms with Crippen molar-refractivity contribution in [2.45, 2.75) is 25.3 Å². The number of hydrogen-bond donors (Lipinski definition) is 0. The number of aromatic nitrogens is 3. The van der Waals surface area contributed by atoms with Crippen molar-refractivity contribution in [2.24, 2.45) is 7.05 Å². The van der Waals surface area contributed by atoms with Crippen LogP contribution in [-0.4, -0.2) is 27.2 Å². The van der Waals surface area contributed by atoms with Crippen molar-refractivity contribution in [3.63, 3.8) is 0 Å². The first-order valence-corrected chi connectivity index (χ1v) is 9.25. The summed E-state index contributed by atoms with van der Waals surface area (Å²) in [6, 6.07) is 8.49. The Morgan fingerprint density at radius 2 is 1.93 bits per heavy atom. The Morgan fingerprint density at radius 3 is 2.54 bits per heavy atom. The fourth-order valence-electron chi connectivity index (χ4n) is 3.27. The van der Waals surface area contributed by atoms with E-state index >= 15 is 0 Å². The van der Waals surface area contributed by atoms with Crippen LogP contribution < -0.4 is 11.2 Å². The van der Waals surface area contributed by atoms with Gasteiger partial charge in [-0.3, -0.25) is 13.9 Å². The van der Waals surface area contributed by atoms with Gasteiger partial charge in [0, 0.05) is 23.7 Å². The molecule has 1 saturated carbocycles. The van der Waals surface area contributed by atoms with Crippen molar-refractivity contribution in [2.75, 3.05) is 7.11 Å². The second-order valence-corrected chi connectivity index (χ2v) is 7.35. The van der Waals surface area contributed by atoms with E-state index < -0.39 is 17.2 Å². The predicted octanol–water partition coefficient (Wildman–Crippen LogP) is 2.46. The van der Waals surface area contributed by atoms with Crippen molar-refractivity contribution in [3.8, 4) is 0 Å². The summed E-state index contributed by atoms with van der Waals surface area (Å²) >= 11 is 5.90. The zero-order valence-electron chi connectivity index (χ0n) is 15.4. The van der Waals surface area contributed by atoms with Crippen molar-refractivity contribution in [1.82, 2.24) is 14.1 Å². The Morgan fingerprint density at radius 1 is 1.25 bits per heavy atom. The van der Waals surface area contributed by atoms with Crippen molar-refractivity contribution < 1.29 is 9.53 Å². The summed E-state index contributed by atoms with van der Waals surface area (Å²) in [6.07, 6.45) is 1.95. The predicted molar refractivity (Wildman–Crippen MR) is 105 cm³/mol. The van der Waals surface area contributed by atoms with Gasteiger partial charge in [-0.15, -0.1) is 0 Å². The summed E-state index contributed by atoms with van der Waals surface area (Å²) in [6.45, 7) is 0.0591. The molecule has 4 rings (SSSR count). The molecule has 0 radical (unpaired) electrons. The van der Waals surface area contributed by atoms with Crippen LogP contribution in [0.15, 0.2) is 39.9 Å². The summed E-state index contributed by atoms with van der Waals surface area (Å²) in [5.74, 6) is -0.373. The first-order valence-electron chi connectivity index (χ1n) is 8.88. The van der Waals surface area contributed by atoms with Gasteiger partial charge >= 0.3 is 11.7 Å². The summed E-state index contributed by atoms with van der Waals surface area (Å²) < 4.78 is 7.28. The van der Waals surface area contributed by atoms with Crippen LogP contribution in [-0.2, 0) is 18.3 Å². The average Bonchev–Trinajstić information content (AvgIpc) is 3.54. The highest BCUT2D eigenvalue weighted by atomic mass is 35.5. The van der Waals surface area contributed by atoms with E-state index in [1.807, 2.05) is 0 Å². The van der Waals surface area contributed by atoms with Crippen LogP contribution in [0, 0.1) is 0 Å². The molecule has 0 bridgehead atoms. The van der Waals surface area contributed by atoms with Crippen LogP contribution in [0.3, 0.4) is 0 Å². The fourth-order valence-corrected chi connectivity index (χ4v) is 3.39. The highest BCUT2D eigenvalue weighted by Gasteiger charge is 2.29. The number of rotatable bonds is 4. The second kappa shape index (κ2) is 6.91. The largest absolute Gasteiger partial charge is 0.465 e. The molecule has 1 aromatic carbocycles. The number of nitrogens with zero attached hydrogens (tertiary/aromatic N) is 3. The lowest BCUT2D eigenvalue weighted by Crippen LogP contribution is -2.40. The third-order valence-corrected chi connectivity index (χ3v) is 5.22. The molecular formula is C20H18ClN3O4. The zero-order chi connectivity index (χ0) is 20.0. The highest BCUT2D eigenvalue weighted by Crippen LogP contribution is 2.39. The lowest BCUT2D eigenvalue weighted by atomic mass is 10.1. The van der Waals surface area contributed by atoms with Gasteiger partial charge < -0.3 is 4.74 Å². The zero-order valence-corrected chi connectivity index (χ0v) is 16.2. The molecule has 0 unspecified atom stereocenters. The van der Waals surface area contributed by atoms with Crippen LogP contribution in [0.4, 0.5) is 0 Å². The summed E-state index contributed by atoms with van der Waals surface area (Å²) in [4.78, 5) is 43.0. The molecule has 0 atom stereocenters. The fraction of sp³-hybridized carbons (Fsp3) is 0.300. The number of benzene rings is 1. The summed E-state index contributed by atoms with van der Waals surface area (Å²) in [7, 11) is 2.81. The van der Waals surface area contributed by atoms with Crippen LogP contribution >= 0.6 is 11.6 Å². The molecule has 0 spiro atoms. The van der Waals surface area contributed by atoms with E-state index in [1.165, 1.54) is 11.7 Å². The molecule has 8 heteroatoms. The van der Waals surface area contributed by atoms with E-state index in [0.29, 0.717) is 10.7 Å². The molecule has 2 aromatic heterocycles. The number of aryl methyl sites for hydroxylation is 1. The van der Waals surface area contributed by atoms with Crippen molar-refractivity contribution >= 4 is 28.6 Å². The van der Waals surface area contributed by atoms with Crippen LogP contribution in [0.2, 0.25) is 5.02 Å². The van der Waals surface area contributed by atoms with Gasteiger partial charge in [0.1, 0.15) is 5.65 Å². The number of hydrogen-bond acceptors (Lipinski definition) is 5. The third-order valence-electron chi connectivity index (χ3n) is 4.97. The molecule has 1 aliphatic carbocycles. The smallest absolute Gasteiger partial charge is 0.338 e. The third kappa shape index (κ3) is 3.11. The topological polar surface area (TPSA) is 83.2 Å². The molecular weight excluding hydrogens is 382 g/mol. The summed E-state index contributed by atoms with van der Waals surface area (Å²) in [5.41, 5.74) is 0.724. The molecule has 1 fully saturated rings. The van der Waals surface area contributed by atoms with Gasteiger partial charge in [0.25, 0.3) is 5.56 Å². The van der Waals surface area contributed by atoms with Gasteiger partial charge in [-0.2, -0.15) is 0 Å². The standard InChI is InChI=1S/C20H18ClN3O4/c1-23-17-16(14(19(26)28-2)9-15(22-17)12-5-6-12)18(25)24(20(23)27)10-11-3-7-13(21)8-4-11/h3-4,7-9,12H,5-6,10H2,1-2H3. The van der Waals surface area contributed by atoms with E-state index in [4.69, 9.17) is 16.3 Å². The Balaban J connectivity index is 1.98. The van der Waals surface area contributed by atoms with E-state index in [9.17, 15) is 14.4 Å². The number of halogens is 1. The molecule has 0 aliphatic heterocycles. The Kier molecular flexibility index (Phi) is 4.55. The number of esters is 1. The highest BCUT2D eigenvalue weighted by molar-refractivity contribution is 6.30. The molecule has 3 aromatic rings. The average molecular weight is 400 g/mol. The molecule has 0 N–H and O–H groups in total. The molecule has 2 heterocycles. The van der Waals surface area contributed by atoms with Crippen LogP contribution in [0.1, 0.15) is 40.4 Å². The van der Waals surface area contributed by atoms with E-state index in [0.717, 1.165) is 23.0 Å². The summed E-state index contributed by atoms with van der Waals surface area (Å²) in [5, 5.41) is 0.652. The lowest BCUT2D eigenvalue weighted by molar-refractivity contribution is 0.0602. The minimum absolute atomic E-state index is 0.0591. The minimum Gasteiger partial charge on any atom is -0.465 e. The van der Waals surface area contributed by atoms with Crippen molar-refractivity contribution in [1.29, 1.82) is 0 Å². The molecule has 28 heavy (non-hydrogen) atoms. The molecule has 7 nitrogen and oxygen atoms in total. The minimum atomic E-state index is -0.622. The molecule has 0 saturated heterocycles. The van der Waals surface area contributed by atoms with Gasteiger partial charge in [0.05, 0.1) is 24.6 Å². The molecule has 144 valence electrons. The quantitative estimate of drug-likeness (QED) is 0.629. The van der Waals surface area contributed by atoms with Crippen LogP contribution in [0.5, 0.6) is 0 Å². The van der Waals surface area contributed by atoms with Gasteiger partial charge in [-0.1, -0.05) is 23.7 Å². The molecule has 0 amide bonds. The maximum atomic E-state index is 13.2. The van der Waals surface area contributed by atoms with Gasteiger partial charge in [0.15, 0.2) is 0 Å². The van der Waals surface area contributed by atoms with Gasteiger partial charge in [-0.25, -0.2) is 14.6 Å². The number of carbonyl (C=O) groups excluding carboxylic acids is 1. The van der Waals surface area contributed by atoms with Gasteiger partial charge in [0.2, 0.25) is 0 Å². The number of ether oxygens (including phenoxy) is 1. The number of fused-ring (bicyclic) bond motifs is 1. The number of pyridine rings is 1. The van der Waals surface area contributed by atoms with E-state index in [2.05, 4.69) is 4.98 Å². The first kappa shape index (κ1) is 18.4. The first-order chi connectivity index (χ1) is 13.4. The monoisotopic (exact) mass is 399 g/mol. The SMILES string of the molecule is COC(=O)c1cc(C2CC2)nc2c1c(=O)n(Cc1ccc(Cl)cc1)c(=O)n2C. The second-order valence-electron chi connectivity index (χ2n) is 6.92. The maximum absolute atomic E-state index is 13.2.